The second-order valence-electron chi connectivity index (χ2n) is 4.35. The topological polar surface area (TPSA) is 26.0 Å². The third kappa shape index (κ3) is 2.21. The van der Waals surface area contributed by atoms with Crippen molar-refractivity contribution in [1.29, 1.82) is 0 Å². The Kier molecular flexibility index (Phi) is 3.32. The lowest BCUT2D eigenvalue weighted by atomic mass is 9.99. The molecule has 2 aromatic rings. The highest BCUT2D eigenvalue weighted by Crippen LogP contribution is 2.28. The van der Waals surface area contributed by atoms with Crippen molar-refractivity contribution >= 4 is 5.69 Å². The maximum Gasteiger partial charge on any atom is 0.133 e. The number of benzene rings is 2. The lowest BCUT2D eigenvalue weighted by Gasteiger charge is -2.09. The van der Waals surface area contributed by atoms with Crippen molar-refractivity contribution in [3.63, 3.8) is 0 Å². The number of halogens is 2. The van der Waals surface area contributed by atoms with Crippen molar-refractivity contribution in [2.24, 2.45) is 0 Å². The van der Waals surface area contributed by atoms with Crippen LogP contribution in [0.3, 0.4) is 0 Å². The van der Waals surface area contributed by atoms with Gasteiger partial charge < -0.3 is 5.73 Å². The van der Waals surface area contributed by atoms with Crippen LogP contribution in [0.1, 0.15) is 18.1 Å². The van der Waals surface area contributed by atoms with Crippen LogP contribution in [-0.2, 0) is 6.42 Å². The van der Waals surface area contributed by atoms with Gasteiger partial charge in [0.1, 0.15) is 11.6 Å². The van der Waals surface area contributed by atoms with Crippen LogP contribution in [0.15, 0.2) is 30.3 Å². The van der Waals surface area contributed by atoms with Gasteiger partial charge in [-0.25, -0.2) is 8.78 Å². The molecule has 2 aromatic carbocycles. The van der Waals surface area contributed by atoms with E-state index in [1.165, 1.54) is 6.07 Å². The number of rotatable bonds is 2. The molecule has 0 aromatic heterocycles. The first-order valence-corrected chi connectivity index (χ1v) is 5.87. The maximum atomic E-state index is 13.8. The lowest BCUT2D eigenvalue weighted by Crippen LogP contribution is -1.95. The van der Waals surface area contributed by atoms with Gasteiger partial charge in [-0.05, 0) is 48.2 Å². The number of anilines is 1. The first-order chi connectivity index (χ1) is 8.52. The Morgan fingerprint density at radius 1 is 1.06 bits per heavy atom. The van der Waals surface area contributed by atoms with Crippen molar-refractivity contribution in [3.05, 3.63) is 53.1 Å². The minimum Gasteiger partial charge on any atom is -0.399 e. The molecule has 2 N–H and O–H groups in total. The van der Waals surface area contributed by atoms with Crippen LogP contribution >= 0.6 is 0 Å². The summed E-state index contributed by atoms with van der Waals surface area (Å²) < 4.78 is 27.0. The third-order valence-corrected chi connectivity index (χ3v) is 3.08. The van der Waals surface area contributed by atoms with E-state index in [2.05, 4.69) is 0 Å². The molecule has 94 valence electrons. The average molecular weight is 247 g/mol. The molecule has 0 saturated carbocycles. The van der Waals surface area contributed by atoms with Gasteiger partial charge in [0.15, 0.2) is 0 Å². The van der Waals surface area contributed by atoms with Gasteiger partial charge in [0, 0.05) is 17.3 Å². The molecule has 0 atom stereocenters. The van der Waals surface area contributed by atoms with E-state index >= 15 is 0 Å². The van der Waals surface area contributed by atoms with Gasteiger partial charge in [0.05, 0.1) is 0 Å². The summed E-state index contributed by atoms with van der Waals surface area (Å²) in [6, 6.07) is 7.81. The average Bonchev–Trinajstić information content (AvgIpc) is 2.35. The quantitative estimate of drug-likeness (QED) is 0.795. The van der Waals surface area contributed by atoms with Crippen LogP contribution < -0.4 is 5.73 Å². The van der Waals surface area contributed by atoms with Crippen LogP contribution in [0.4, 0.5) is 14.5 Å². The molecule has 3 heteroatoms. The van der Waals surface area contributed by atoms with E-state index in [-0.39, 0.29) is 0 Å². The van der Waals surface area contributed by atoms with E-state index in [1.54, 1.807) is 19.1 Å². The summed E-state index contributed by atoms with van der Waals surface area (Å²) in [6.07, 6.45) is 0.779. The minimum absolute atomic E-state index is 0.406. The Bertz CT molecular complexity index is 591. The summed E-state index contributed by atoms with van der Waals surface area (Å²) in [5, 5.41) is 0. The van der Waals surface area contributed by atoms with Crippen LogP contribution in [0, 0.1) is 18.6 Å². The molecule has 0 radical (unpaired) electrons. The molecule has 0 unspecified atom stereocenters. The van der Waals surface area contributed by atoms with E-state index < -0.39 is 11.6 Å². The molecule has 0 heterocycles. The molecule has 0 aliphatic carbocycles. The summed E-state index contributed by atoms with van der Waals surface area (Å²) in [6.45, 7) is 3.61. The fourth-order valence-corrected chi connectivity index (χ4v) is 1.96. The Morgan fingerprint density at radius 2 is 1.78 bits per heavy atom. The molecular weight excluding hydrogens is 232 g/mol. The molecule has 0 amide bonds. The third-order valence-electron chi connectivity index (χ3n) is 3.08. The van der Waals surface area contributed by atoms with Crippen molar-refractivity contribution in [3.8, 4) is 11.1 Å². The Balaban J connectivity index is 2.58. The molecule has 2 rings (SSSR count). The first-order valence-electron chi connectivity index (χ1n) is 5.87. The second kappa shape index (κ2) is 4.77. The Morgan fingerprint density at radius 3 is 2.44 bits per heavy atom. The SMILES string of the molecule is CCc1cc(-c2cc(C)c(F)cc2F)ccc1N. The van der Waals surface area contributed by atoms with E-state index in [0.717, 1.165) is 23.6 Å². The van der Waals surface area contributed by atoms with Crippen molar-refractivity contribution < 1.29 is 8.78 Å². The largest absolute Gasteiger partial charge is 0.399 e. The summed E-state index contributed by atoms with van der Waals surface area (Å²) in [5.41, 5.74) is 9.04. The Labute approximate surface area is 105 Å². The van der Waals surface area contributed by atoms with Gasteiger partial charge >= 0.3 is 0 Å². The van der Waals surface area contributed by atoms with Crippen LogP contribution in [0.25, 0.3) is 11.1 Å². The molecule has 0 aliphatic rings. The summed E-state index contributed by atoms with van der Waals surface area (Å²) >= 11 is 0. The molecule has 0 bridgehead atoms. The fourth-order valence-electron chi connectivity index (χ4n) is 1.96. The lowest BCUT2D eigenvalue weighted by molar-refractivity contribution is 0.579. The standard InChI is InChI=1S/C15H15F2N/c1-3-10-7-11(4-5-15(10)18)12-6-9(2)13(16)8-14(12)17/h4-8H,3,18H2,1-2H3. The predicted molar refractivity (Wildman–Crippen MR) is 70.3 cm³/mol. The van der Waals surface area contributed by atoms with E-state index in [1.807, 2.05) is 13.0 Å². The molecule has 0 fully saturated rings. The normalized spacial score (nSPS) is 10.7. The van der Waals surface area contributed by atoms with Gasteiger partial charge in [-0.2, -0.15) is 0 Å². The van der Waals surface area contributed by atoms with Gasteiger partial charge in [-0.1, -0.05) is 13.0 Å². The molecule has 1 nitrogen and oxygen atoms in total. The van der Waals surface area contributed by atoms with E-state index in [0.29, 0.717) is 16.8 Å². The van der Waals surface area contributed by atoms with Crippen LogP contribution in [-0.4, -0.2) is 0 Å². The molecular formula is C15H15F2N. The number of hydrogen-bond donors (Lipinski definition) is 1. The van der Waals surface area contributed by atoms with E-state index in [4.69, 9.17) is 5.73 Å². The number of hydrogen-bond acceptors (Lipinski definition) is 1. The van der Waals surface area contributed by atoms with Crippen molar-refractivity contribution in [2.75, 3.05) is 5.73 Å². The highest BCUT2D eigenvalue weighted by Gasteiger charge is 2.10. The highest BCUT2D eigenvalue weighted by atomic mass is 19.1. The number of aryl methyl sites for hydroxylation is 2. The molecule has 0 aliphatic heterocycles. The monoisotopic (exact) mass is 247 g/mol. The first kappa shape index (κ1) is 12.6. The fraction of sp³-hybridized carbons (Fsp3) is 0.200. The predicted octanol–water partition coefficient (Wildman–Crippen LogP) is 4.08. The summed E-state index contributed by atoms with van der Waals surface area (Å²) in [4.78, 5) is 0. The molecule has 0 saturated heterocycles. The van der Waals surface area contributed by atoms with Crippen LogP contribution in [0.2, 0.25) is 0 Å². The van der Waals surface area contributed by atoms with Gasteiger partial charge in [0.2, 0.25) is 0 Å². The van der Waals surface area contributed by atoms with E-state index in [9.17, 15) is 8.78 Å². The Hall–Kier alpha value is -1.90. The summed E-state index contributed by atoms with van der Waals surface area (Å²) in [5.74, 6) is -1.08. The van der Waals surface area contributed by atoms with Gasteiger partial charge in [-0.15, -0.1) is 0 Å². The van der Waals surface area contributed by atoms with Crippen LogP contribution in [0.5, 0.6) is 0 Å². The zero-order chi connectivity index (χ0) is 13.3. The summed E-state index contributed by atoms with van der Waals surface area (Å²) in [7, 11) is 0. The molecule has 0 spiro atoms. The highest BCUT2D eigenvalue weighted by molar-refractivity contribution is 5.69. The number of nitrogens with two attached hydrogens (primary N) is 1. The van der Waals surface area contributed by atoms with Gasteiger partial charge in [-0.3, -0.25) is 0 Å². The van der Waals surface area contributed by atoms with Gasteiger partial charge in [0.25, 0.3) is 0 Å². The van der Waals surface area contributed by atoms with Crippen molar-refractivity contribution in [1.82, 2.24) is 0 Å². The zero-order valence-corrected chi connectivity index (χ0v) is 10.4. The molecule has 18 heavy (non-hydrogen) atoms. The second-order valence-corrected chi connectivity index (χ2v) is 4.35. The zero-order valence-electron chi connectivity index (χ0n) is 10.4. The van der Waals surface area contributed by atoms with Crippen molar-refractivity contribution in [2.45, 2.75) is 20.3 Å². The maximum absolute atomic E-state index is 13.8. The minimum atomic E-state index is -0.551. The number of nitrogen functional groups attached to an aromatic ring is 1. The smallest absolute Gasteiger partial charge is 0.133 e.